The van der Waals surface area contributed by atoms with Crippen LogP contribution in [0.5, 0.6) is 11.5 Å². The highest BCUT2D eigenvalue weighted by atomic mass is 16.6. The van der Waals surface area contributed by atoms with Crippen LogP contribution in [-0.4, -0.2) is 30.9 Å². The third kappa shape index (κ3) is 4.04. The lowest BCUT2D eigenvalue weighted by Crippen LogP contribution is -2.59. The highest BCUT2D eigenvalue weighted by Gasteiger charge is 2.42. The number of anilines is 1. The minimum Gasteiger partial charge on any atom is -0.486 e. The average molecular weight is 447 g/mol. The Labute approximate surface area is 191 Å². The summed E-state index contributed by atoms with van der Waals surface area (Å²) in [5, 5.41) is 4.25. The number of carbonyl (C=O) groups is 3. The highest BCUT2D eigenvalue weighted by molar-refractivity contribution is 6.05. The maximum atomic E-state index is 13.0. The number of carbonyl (C=O) groups excluding carboxylic acids is 3. The second-order valence-electron chi connectivity index (χ2n) is 8.45. The van der Waals surface area contributed by atoms with Crippen LogP contribution in [0.1, 0.15) is 41.7 Å². The third-order valence-electron chi connectivity index (χ3n) is 6.31. The van der Waals surface area contributed by atoms with Crippen LogP contribution in [0, 0.1) is 11.8 Å². The molecule has 0 aromatic heterocycles. The van der Waals surface area contributed by atoms with E-state index < -0.39 is 0 Å². The number of ether oxygens (including phenoxy) is 2. The van der Waals surface area contributed by atoms with Gasteiger partial charge in [-0.1, -0.05) is 24.3 Å². The third-order valence-corrected chi connectivity index (χ3v) is 6.31. The van der Waals surface area contributed by atoms with Crippen LogP contribution in [0.15, 0.2) is 54.6 Å². The van der Waals surface area contributed by atoms with E-state index in [0.717, 1.165) is 5.56 Å². The van der Waals surface area contributed by atoms with Gasteiger partial charge in [0.15, 0.2) is 11.5 Å². The molecule has 1 aliphatic carbocycles. The Morgan fingerprint density at radius 3 is 2.61 bits per heavy atom. The molecular weight excluding hydrogens is 422 g/mol. The number of hydrogen-bond donors (Lipinski definition) is 2. The lowest BCUT2D eigenvalue weighted by atomic mass is 9.80. The summed E-state index contributed by atoms with van der Waals surface area (Å²) >= 11 is 0. The lowest BCUT2D eigenvalue weighted by molar-refractivity contribution is -0.139. The fourth-order valence-electron chi connectivity index (χ4n) is 4.46. The second-order valence-corrected chi connectivity index (χ2v) is 8.45. The molecule has 0 spiro atoms. The molecule has 1 saturated heterocycles. The van der Waals surface area contributed by atoms with E-state index in [1.54, 1.807) is 24.3 Å². The number of fused-ring (bicyclic) bond motifs is 2. The van der Waals surface area contributed by atoms with E-state index >= 15 is 0 Å². The first kappa shape index (κ1) is 21.1. The molecule has 2 aliphatic heterocycles. The van der Waals surface area contributed by atoms with E-state index in [1.807, 2.05) is 37.3 Å². The molecule has 0 unspecified atom stereocenters. The molecule has 2 N–H and O–H groups in total. The Morgan fingerprint density at radius 1 is 1.03 bits per heavy atom. The van der Waals surface area contributed by atoms with E-state index in [9.17, 15) is 14.4 Å². The highest BCUT2D eigenvalue weighted by Crippen LogP contribution is 2.34. The van der Waals surface area contributed by atoms with Gasteiger partial charge in [0.1, 0.15) is 13.2 Å². The van der Waals surface area contributed by atoms with Crippen LogP contribution in [0.3, 0.4) is 0 Å². The molecule has 1 fully saturated rings. The topological polar surface area (TPSA) is 97.0 Å². The van der Waals surface area contributed by atoms with E-state index in [2.05, 4.69) is 10.7 Å². The van der Waals surface area contributed by atoms with Gasteiger partial charge >= 0.3 is 0 Å². The van der Waals surface area contributed by atoms with Crippen LogP contribution >= 0.6 is 0 Å². The summed E-state index contributed by atoms with van der Waals surface area (Å²) < 4.78 is 11.2. The van der Waals surface area contributed by atoms with E-state index in [-0.39, 0.29) is 35.6 Å². The van der Waals surface area contributed by atoms with Crippen molar-refractivity contribution in [2.45, 2.75) is 25.8 Å². The smallest absolute Gasteiger partial charge is 0.251 e. The van der Waals surface area contributed by atoms with Crippen molar-refractivity contribution in [3.05, 3.63) is 65.7 Å². The molecule has 2 aromatic rings. The quantitative estimate of drug-likeness (QED) is 0.703. The summed E-state index contributed by atoms with van der Waals surface area (Å²) in [5.41, 5.74) is 4.44. The van der Waals surface area contributed by atoms with Crippen molar-refractivity contribution < 1.29 is 23.9 Å². The monoisotopic (exact) mass is 447 g/mol. The number of benzene rings is 2. The van der Waals surface area contributed by atoms with Gasteiger partial charge in [-0.2, -0.15) is 0 Å². The normalized spacial score (nSPS) is 22.3. The van der Waals surface area contributed by atoms with E-state index in [1.165, 1.54) is 5.01 Å². The summed E-state index contributed by atoms with van der Waals surface area (Å²) in [5.74, 6) is 0.0245. The van der Waals surface area contributed by atoms with Crippen LogP contribution in [-0.2, 0) is 9.59 Å². The standard InChI is InChI=1S/C25H25N3O5/c1-15(16-9-10-21-22(14-16)33-12-11-32-21)26-23(29)17-5-4-6-18(13-17)28-25(31)20-8-3-2-7-19(20)24(30)27-28/h2-6,9-10,13-15,19-20H,7-8,11-12H2,1H3,(H,26,29)(H,27,30)/t15-,19-,20+/m0/s1. The minimum atomic E-state index is -0.378. The number of amides is 3. The summed E-state index contributed by atoms with van der Waals surface area (Å²) in [6.07, 6.45) is 4.99. The number of rotatable bonds is 4. The van der Waals surface area contributed by atoms with Crippen molar-refractivity contribution in [2.24, 2.45) is 11.8 Å². The zero-order valence-electron chi connectivity index (χ0n) is 18.2. The number of hydrazine groups is 1. The molecule has 8 nitrogen and oxygen atoms in total. The van der Waals surface area contributed by atoms with Gasteiger partial charge in [-0.15, -0.1) is 0 Å². The Bertz CT molecular complexity index is 1140. The fourth-order valence-corrected chi connectivity index (χ4v) is 4.46. The predicted molar refractivity (Wildman–Crippen MR) is 121 cm³/mol. The average Bonchev–Trinajstić information content (AvgIpc) is 2.86. The molecule has 2 heterocycles. The minimum absolute atomic E-state index is 0.161. The Morgan fingerprint density at radius 2 is 1.79 bits per heavy atom. The van der Waals surface area contributed by atoms with Crippen LogP contribution in [0.2, 0.25) is 0 Å². The molecule has 3 atom stereocenters. The molecule has 2 aromatic carbocycles. The van der Waals surface area contributed by atoms with Crippen molar-refractivity contribution in [3.63, 3.8) is 0 Å². The van der Waals surface area contributed by atoms with Gasteiger partial charge in [-0.25, -0.2) is 5.01 Å². The molecular formula is C25H25N3O5. The fraction of sp³-hybridized carbons (Fsp3) is 0.320. The maximum Gasteiger partial charge on any atom is 0.251 e. The number of hydrogen-bond acceptors (Lipinski definition) is 5. The van der Waals surface area contributed by atoms with Crippen LogP contribution < -0.4 is 25.2 Å². The summed E-state index contributed by atoms with van der Waals surface area (Å²) in [6, 6.07) is 12.0. The van der Waals surface area contributed by atoms with Gasteiger partial charge in [-0.3, -0.25) is 19.8 Å². The van der Waals surface area contributed by atoms with Gasteiger partial charge in [0.05, 0.1) is 23.6 Å². The van der Waals surface area contributed by atoms with Crippen molar-refractivity contribution in [3.8, 4) is 11.5 Å². The Hall–Kier alpha value is -3.81. The maximum absolute atomic E-state index is 13.0. The summed E-state index contributed by atoms with van der Waals surface area (Å²) in [4.78, 5) is 38.5. The number of allylic oxidation sites excluding steroid dienone is 2. The first-order chi connectivity index (χ1) is 16.0. The second kappa shape index (κ2) is 8.61. The molecule has 170 valence electrons. The SMILES string of the molecule is C[C@H](NC(=O)c1cccc(N2NC(=O)[C@H]3CC=CC[C@H]3C2=O)c1)c1ccc2c(c1)OCCO2. The van der Waals surface area contributed by atoms with Gasteiger partial charge in [0.25, 0.3) is 5.91 Å². The molecule has 0 saturated carbocycles. The summed E-state index contributed by atoms with van der Waals surface area (Å²) in [7, 11) is 0. The van der Waals surface area contributed by atoms with Crippen LogP contribution in [0.4, 0.5) is 5.69 Å². The number of nitrogens with one attached hydrogen (secondary N) is 2. The molecule has 3 amide bonds. The van der Waals surface area contributed by atoms with Crippen molar-refractivity contribution in [1.82, 2.24) is 10.7 Å². The van der Waals surface area contributed by atoms with Gasteiger partial charge in [-0.05, 0) is 55.7 Å². The van der Waals surface area contributed by atoms with E-state index in [0.29, 0.717) is 48.8 Å². The van der Waals surface area contributed by atoms with Gasteiger partial charge < -0.3 is 14.8 Å². The zero-order chi connectivity index (χ0) is 22.9. The molecule has 0 bridgehead atoms. The zero-order valence-corrected chi connectivity index (χ0v) is 18.2. The van der Waals surface area contributed by atoms with Crippen molar-refractivity contribution in [1.29, 1.82) is 0 Å². The van der Waals surface area contributed by atoms with E-state index in [4.69, 9.17) is 9.47 Å². The molecule has 33 heavy (non-hydrogen) atoms. The largest absolute Gasteiger partial charge is 0.486 e. The first-order valence-electron chi connectivity index (χ1n) is 11.1. The number of nitrogens with zero attached hydrogens (tertiary/aromatic N) is 1. The van der Waals surface area contributed by atoms with Gasteiger partial charge in [0.2, 0.25) is 11.8 Å². The van der Waals surface area contributed by atoms with Crippen molar-refractivity contribution in [2.75, 3.05) is 18.2 Å². The summed E-state index contributed by atoms with van der Waals surface area (Å²) in [6.45, 7) is 2.90. The molecule has 5 rings (SSSR count). The first-order valence-corrected chi connectivity index (χ1v) is 11.1. The molecule has 3 aliphatic rings. The van der Waals surface area contributed by atoms with Crippen molar-refractivity contribution >= 4 is 23.4 Å². The molecule has 8 heteroatoms. The predicted octanol–water partition coefficient (Wildman–Crippen LogP) is 2.91. The Balaban J connectivity index is 1.31. The van der Waals surface area contributed by atoms with Gasteiger partial charge in [0, 0.05) is 5.56 Å². The Kier molecular flexibility index (Phi) is 5.50. The van der Waals surface area contributed by atoms with Crippen LogP contribution in [0.25, 0.3) is 0 Å². The lowest BCUT2D eigenvalue weighted by Gasteiger charge is -2.38. The molecule has 0 radical (unpaired) electrons.